The zero-order valence-corrected chi connectivity index (χ0v) is 16.4. The van der Waals surface area contributed by atoms with E-state index in [-0.39, 0.29) is 25.1 Å². The number of carbonyl (C=O) groups excluding carboxylic acids is 1. The fraction of sp³-hybridized carbons (Fsp3) is 0.273. The lowest BCUT2D eigenvalue weighted by Gasteiger charge is -2.43. The number of anilines is 1. The van der Waals surface area contributed by atoms with Crippen molar-refractivity contribution in [2.45, 2.75) is 31.4 Å². The Morgan fingerprint density at radius 3 is 2.73 bits per heavy atom. The van der Waals surface area contributed by atoms with Crippen molar-refractivity contribution >= 4 is 11.9 Å². The molecule has 154 valence electrons. The Kier molecular flexibility index (Phi) is 5.15. The summed E-state index contributed by atoms with van der Waals surface area (Å²) >= 11 is 0. The number of pyridine rings is 1. The first kappa shape index (κ1) is 19.9. The van der Waals surface area contributed by atoms with Gasteiger partial charge >= 0.3 is 0 Å². The third-order valence-electron chi connectivity index (χ3n) is 5.51. The van der Waals surface area contributed by atoms with Crippen LogP contribution in [0.3, 0.4) is 0 Å². The van der Waals surface area contributed by atoms with E-state index in [1.54, 1.807) is 24.4 Å². The number of benzene rings is 1. The topological polar surface area (TPSA) is 93.8 Å². The minimum atomic E-state index is -0.976. The van der Waals surface area contributed by atoms with E-state index in [0.717, 1.165) is 11.1 Å². The van der Waals surface area contributed by atoms with Crippen molar-refractivity contribution in [1.29, 1.82) is 0 Å². The lowest BCUT2D eigenvalue weighted by molar-refractivity contribution is 0.0963. The van der Waals surface area contributed by atoms with Gasteiger partial charge in [0.2, 0.25) is 11.9 Å². The highest BCUT2D eigenvalue weighted by atomic mass is 19.1. The summed E-state index contributed by atoms with van der Waals surface area (Å²) in [6, 6.07) is 9.78. The van der Waals surface area contributed by atoms with Gasteiger partial charge in [0.1, 0.15) is 12.0 Å². The van der Waals surface area contributed by atoms with Gasteiger partial charge in [0.15, 0.2) is 0 Å². The third-order valence-corrected chi connectivity index (χ3v) is 5.51. The van der Waals surface area contributed by atoms with Gasteiger partial charge < -0.3 is 11.1 Å². The molecule has 1 fully saturated rings. The Balaban J connectivity index is 1.55. The molecule has 2 heterocycles. The Labute approximate surface area is 172 Å². The fourth-order valence-corrected chi connectivity index (χ4v) is 3.91. The molecule has 1 amide bonds. The summed E-state index contributed by atoms with van der Waals surface area (Å²) in [4.78, 5) is 24.4. The van der Waals surface area contributed by atoms with Crippen LogP contribution in [0.5, 0.6) is 0 Å². The summed E-state index contributed by atoms with van der Waals surface area (Å²) in [7, 11) is 0. The molecule has 1 aliphatic rings. The molecule has 0 radical (unpaired) electrons. The van der Waals surface area contributed by atoms with Crippen LogP contribution in [0, 0.1) is 12.7 Å². The van der Waals surface area contributed by atoms with Crippen LogP contribution >= 0.6 is 0 Å². The minimum absolute atomic E-state index is 0.199. The third kappa shape index (κ3) is 3.72. The molecule has 4 rings (SSSR count). The maximum Gasteiger partial charge on any atom is 0.248 e. The predicted octanol–water partition coefficient (Wildman–Crippen LogP) is 3.57. The molecule has 0 saturated heterocycles. The molecule has 0 atom stereocenters. The van der Waals surface area contributed by atoms with Crippen LogP contribution in [0.2, 0.25) is 0 Å². The van der Waals surface area contributed by atoms with Crippen molar-refractivity contribution in [3.05, 3.63) is 71.6 Å². The lowest BCUT2D eigenvalue weighted by Crippen LogP contribution is -2.49. The van der Waals surface area contributed by atoms with E-state index in [0.29, 0.717) is 17.2 Å². The molecule has 3 N–H and O–H groups in total. The highest BCUT2D eigenvalue weighted by molar-refractivity contribution is 5.94. The van der Waals surface area contributed by atoms with Gasteiger partial charge in [0.25, 0.3) is 0 Å². The number of nitrogens with zero attached hydrogens (tertiary/aromatic N) is 3. The number of nitrogens with two attached hydrogens (primary N) is 1. The molecule has 1 saturated carbocycles. The number of rotatable bonds is 6. The van der Waals surface area contributed by atoms with Crippen molar-refractivity contribution in [1.82, 2.24) is 15.0 Å². The van der Waals surface area contributed by atoms with Crippen LogP contribution < -0.4 is 11.1 Å². The average Bonchev–Trinajstić information content (AvgIpc) is 2.71. The minimum Gasteiger partial charge on any atom is -0.366 e. The van der Waals surface area contributed by atoms with Crippen LogP contribution in [0.1, 0.15) is 34.6 Å². The first-order valence-corrected chi connectivity index (χ1v) is 9.61. The van der Waals surface area contributed by atoms with E-state index in [1.165, 1.54) is 18.3 Å². The number of primary amides is 1. The van der Waals surface area contributed by atoms with Gasteiger partial charge in [-0.05, 0) is 49.6 Å². The summed E-state index contributed by atoms with van der Waals surface area (Å²) in [5.41, 5.74) is 7.54. The molecule has 6 nitrogen and oxygen atoms in total. The largest absolute Gasteiger partial charge is 0.366 e. The monoisotopic (exact) mass is 409 g/mol. The quantitative estimate of drug-likeness (QED) is 0.649. The average molecular weight is 409 g/mol. The standard InChI is InChI=1S/C22H21F2N5O/c1-13-17(14-4-2-5-15(8-14)20(25)30)11-27-21(29-13)28-12-22(9-16(23)10-22)19-18(24)6-3-7-26-19/h2-8,11,16H,9-10,12H2,1H3,(H2,25,30)(H,27,28,29). The lowest BCUT2D eigenvalue weighted by atomic mass is 9.65. The Morgan fingerprint density at radius 1 is 1.27 bits per heavy atom. The fourth-order valence-electron chi connectivity index (χ4n) is 3.91. The van der Waals surface area contributed by atoms with E-state index < -0.39 is 23.3 Å². The molecule has 0 aliphatic heterocycles. The number of halogens is 2. The zero-order valence-electron chi connectivity index (χ0n) is 16.4. The molecule has 0 unspecified atom stereocenters. The maximum atomic E-state index is 14.3. The SMILES string of the molecule is Cc1nc(NCC2(c3ncccc3F)CC(F)C2)ncc1-c1cccc(C(N)=O)c1. The molecule has 30 heavy (non-hydrogen) atoms. The van der Waals surface area contributed by atoms with Gasteiger partial charge in [-0.25, -0.2) is 18.7 Å². The van der Waals surface area contributed by atoms with Gasteiger partial charge in [0.05, 0.1) is 11.4 Å². The molecule has 1 aromatic carbocycles. The van der Waals surface area contributed by atoms with Gasteiger partial charge in [0, 0.05) is 35.5 Å². The number of nitrogens with one attached hydrogen (secondary N) is 1. The molecule has 1 aliphatic carbocycles. The van der Waals surface area contributed by atoms with Gasteiger partial charge in [-0.15, -0.1) is 0 Å². The van der Waals surface area contributed by atoms with Crippen LogP contribution in [0.4, 0.5) is 14.7 Å². The number of hydrogen-bond donors (Lipinski definition) is 2. The highest BCUT2D eigenvalue weighted by Crippen LogP contribution is 2.45. The van der Waals surface area contributed by atoms with Crippen LogP contribution in [-0.2, 0) is 5.41 Å². The number of carbonyl (C=O) groups is 1. The Morgan fingerprint density at radius 2 is 2.07 bits per heavy atom. The highest BCUT2D eigenvalue weighted by Gasteiger charge is 2.48. The van der Waals surface area contributed by atoms with E-state index in [4.69, 9.17) is 5.73 Å². The van der Waals surface area contributed by atoms with Crippen molar-refractivity contribution < 1.29 is 13.6 Å². The van der Waals surface area contributed by atoms with Crippen molar-refractivity contribution in [2.24, 2.45) is 5.73 Å². The second kappa shape index (κ2) is 7.78. The molecule has 0 spiro atoms. The Hall–Kier alpha value is -3.42. The molecule has 8 heteroatoms. The number of aromatic nitrogens is 3. The van der Waals surface area contributed by atoms with E-state index >= 15 is 0 Å². The summed E-state index contributed by atoms with van der Waals surface area (Å²) in [5.74, 6) is -0.583. The van der Waals surface area contributed by atoms with Crippen LogP contribution in [0.15, 0.2) is 48.8 Å². The second-order valence-corrected chi connectivity index (χ2v) is 7.61. The molecular weight excluding hydrogens is 388 g/mol. The smallest absolute Gasteiger partial charge is 0.248 e. The number of aryl methyl sites for hydroxylation is 1. The molecular formula is C22H21F2N5O. The van der Waals surface area contributed by atoms with E-state index in [1.807, 2.05) is 13.0 Å². The zero-order chi connectivity index (χ0) is 21.3. The summed E-state index contributed by atoms with van der Waals surface area (Å²) in [6.07, 6.45) is 2.59. The molecule has 3 aromatic rings. The summed E-state index contributed by atoms with van der Waals surface area (Å²) in [5, 5.41) is 3.11. The van der Waals surface area contributed by atoms with Crippen LogP contribution in [0.25, 0.3) is 11.1 Å². The van der Waals surface area contributed by atoms with Gasteiger partial charge in [-0.3, -0.25) is 9.78 Å². The Bertz CT molecular complexity index is 1100. The molecule has 0 bridgehead atoms. The number of hydrogen-bond acceptors (Lipinski definition) is 5. The van der Waals surface area contributed by atoms with Gasteiger partial charge in [-0.1, -0.05) is 12.1 Å². The van der Waals surface area contributed by atoms with E-state index in [2.05, 4.69) is 20.3 Å². The normalized spacial score (nSPS) is 20.4. The number of alkyl halides is 1. The first-order valence-electron chi connectivity index (χ1n) is 9.61. The summed E-state index contributed by atoms with van der Waals surface area (Å²) < 4.78 is 28.0. The van der Waals surface area contributed by atoms with Crippen molar-refractivity contribution in [2.75, 3.05) is 11.9 Å². The first-order chi connectivity index (χ1) is 14.4. The van der Waals surface area contributed by atoms with Gasteiger partial charge in [-0.2, -0.15) is 0 Å². The van der Waals surface area contributed by atoms with Crippen molar-refractivity contribution in [3.63, 3.8) is 0 Å². The molecule has 2 aromatic heterocycles. The van der Waals surface area contributed by atoms with Crippen LogP contribution in [-0.4, -0.2) is 33.6 Å². The van der Waals surface area contributed by atoms with Crippen molar-refractivity contribution in [3.8, 4) is 11.1 Å². The maximum absolute atomic E-state index is 14.3. The summed E-state index contributed by atoms with van der Waals surface area (Å²) in [6.45, 7) is 2.10. The number of amides is 1. The second-order valence-electron chi connectivity index (χ2n) is 7.61. The van der Waals surface area contributed by atoms with E-state index in [9.17, 15) is 13.6 Å². The predicted molar refractivity (Wildman–Crippen MR) is 109 cm³/mol.